The second-order valence-corrected chi connectivity index (χ2v) is 8.53. The zero-order valence-corrected chi connectivity index (χ0v) is 20.2. The van der Waals surface area contributed by atoms with Crippen LogP contribution in [0.5, 0.6) is 5.75 Å². The van der Waals surface area contributed by atoms with Crippen LogP contribution < -0.4 is 15.0 Å². The Bertz CT molecular complexity index is 1310. The second kappa shape index (κ2) is 10.3. The van der Waals surface area contributed by atoms with Gasteiger partial charge in [0.2, 0.25) is 5.91 Å². The molecule has 1 aromatic heterocycles. The van der Waals surface area contributed by atoms with Crippen molar-refractivity contribution < 1.29 is 14.3 Å². The number of aromatic nitrogens is 1. The number of carbonyl (C=O) groups excluding carboxylic acids is 2. The van der Waals surface area contributed by atoms with Gasteiger partial charge in [-0.25, -0.2) is 0 Å². The Labute approximate surface area is 205 Å². The van der Waals surface area contributed by atoms with E-state index < -0.39 is 5.91 Å². The van der Waals surface area contributed by atoms with Crippen molar-refractivity contribution in [1.29, 1.82) is 5.26 Å². The normalized spacial score (nSPS) is 13.6. The van der Waals surface area contributed by atoms with Crippen LogP contribution in [0.3, 0.4) is 0 Å². The molecule has 3 aromatic rings. The van der Waals surface area contributed by atoms with E-state index in [-0.39, 0.29) is 18.0 Å². The number of rotatable bonds is 7. The maximum atomic E-state index is 12.7. The Balaban J connectivity index is 1.46. The van der Waals surface area contributed by atoms with E-state index in [4.69, 9.17) is 4.74 Å². The fraction of sp³-hybridized carbons (Fsp3) is 0.250. The van der Waals surface area contributed by atoms with Gasteiger partial charge in [-0.3, -0.25) is 9.59 Å². The maximum absolute atomic E-state index is 12.7. The van der Waals surface area contributed by atoms with Gasteiger partial charge in [-0.2, -0.15) is 5.26 Å². The molecule has 2 aromatic carbocycles. The van der Waals surface area contributed by atoms with Crippen molar-refractivity contribution in [3.63, 3.8) is 0 Å². The van der Waals surface area contributed by atoms with Crippen molar-refractivity contribution in [3.8, 4) is 17.5 Å². The average molecular weight is 469 g/mol. The molecule has 0 bridgehead atoms. The molecule has 4 rings (SSSR count). The molecule has 7 nitrogen and oxygen atoms in total. The number of hydrogen-bond acceptors (Lipinski definition) is 4. The highest BCUT2D eigenvalue weighted by atomic mass is 16.5. The zero-order chi connectivity index (χ0) is 24.9. The number of ether oxygens (including phenoxy) is 1. The molecule has 2 amide bonds. The van der Waals surface area contributed by atoms with Gasteiger partial charge in [0.25, 0.3) is 5.91 Å². The molecule has 1 fully saturated rings. The molecule has 1 aliphatic heterocycles. The Hall–Kier alpha value is -4.31. The highest BCUT2D eigenvalue weighted by Crippen LogP contribution is 2.25. The predicted octanol–water partition coefficient (Wildman–Crippen LogP) is 4.45. The number of amides is 2. The molecule has 0 spiro atoms. The number of benzene rings is 2. The fourth-order valence-electron chi connectivity index (χ4n) is 4.36. The van der Waals surface area contributed by atoms with E-state index in [0.717, 1.165) is 52.6 Å². The van der Waals surface area contributed by atoms with Crippen LogP contribution in [0, 0.1) is 25.2 Å². The third-order valence-corrected chi connectivity index (χ3v) is 6.24. The summed E-state index contributed by atoms with van der Waals surface area (Å²) >= 11 is 0. The highest BCUT2D eigenvalue weighted by molar-refractivity contribution is 6.01. The van der Waals surface area contributed by atoms with E-state index in [1.165, 1.54) is 0 Å². The topological polar surface area (TPSA) is 87.4 Å². The number of nitriles is 1. The zero-order valence-electron chi connectivity index (χ0n) is 20.2. The number of carbonyl (C=O) groups is 2. The lowest BCUT2D eigenvalue weighted by Crippen LogP contribution is -2.25. The number of nitrogens with one attached hydrogen (secondary N) is 1. The second-order valence-electron chi connectivity index (χ2n) is 8.53. The molecule has 35 heavy (non-hydrogen) atoms. The van der Waals surface area contributed by atoms with Crippen molar-refractivity contribution in [2.45, 2.75) is 33.2 Å². The Morgan fingerprint density at radius 1 is 1.11 bits per heavy atom. The molecule has 1 aliphatic rings. The van der Waals surface area contributed by atoms with Gasteiger partial charge in [-0.15, -0.1) is 0 Å². The van der Waals surface area contributed by atoms with E-state index in [1.54, 1.807) is 18.1 Å². The smallest absolute Gasteiger partial charge is 0.262 e. The summed E-state index contributed by atoms with van der Waals surface area (Å²) in [5, 5.41) is 12.5. The summed E-state index contributed by atoms with van der Waals surface area (Å²) in [7, 11) is 1.63. The SMILES string of the molecule is COc1ccc(-n2c(C)cc(/C=C(\C#N)C(=O)NCc3ccc(N4CCCC4=O)cc3)c2C)cc1. The first-order chi connectivity index (χ1) is 16.9. The van der Waals surface area contributed by atoms with E-state index in [9.17, 15) is 14.9 Å². The largest absolute Gasteiger partial charge is 0.497 e. The lowest BCUT2D eigenvalue weighted by atomic mass is 10.1. The summed E-state index contributed by atoms with van der Waals surface area (Å²) in [5.41, 5.74) is 5.51. The van der Waals surface area contributed by atoms with Crippen molar-refractivity contribution >= 4 is 23.6 Å². The van der Waals surface area contributed by atoms with Gasteiger partial charge in [0.15, 0.2) is 0 Å². The minimum atomic E-state index is -0.430. The van der Waals surface area contributed by atoms with Crippen LogP contribution in [0.25, 0.3) is 11.8 Å². The molecule has 0 unspecified atom stereocenters. The Morgan fingerprint density at radius 3 is 2.40 bits per heavy atom. The third-order valence-electron chi connectivity index (χ3n) is 6.24. The number of nitrogens with zero attached hydrogens (tertiary/aromatic N) is 3. The van der Waals surface area contributed by atoms with Crippen molar-refractivity contribution in [2.24, 2.45) is 0 Å². The van der Waals surface area contributed by atoms with Crippen LogP contribution in [-0.2, 0) is 16.1 Å². The molecule has 1 N–H and O–H groups in total. The molecule has 7 heteroatoms. The van der Waals surface area contributed by atoms with E-state index in [0.29, 0.717) is 6.42 Å². The van der Waals surface area contributed by atoms with Crippen molar-refractivity contribution in [3.05, 3.63) is 82.7 Å². The lowest BCUT2D eigenvalue weighted by molar-refractivity contribution is -0.117. The molecule has 0 radical (unpaired) electrons. The van der Waals surface area contributed by atoms with Crippen LogP contribution in [0.2, 0.25) is 0 Å². The van der Waals surface area contributed by atoms with Gasteiger partial charge in [-0.1, -0.05) is 12.1 Å². The fourth-order valence-corrected chi connectivity index (χ4v) is 4.36. The summed E-state index contributed by atoms with van der Waals surface area (Å²) in [4.78, 5) is 26.4. The first-order valence-corrected chi connectivity index (χ1v) is 11.5. The van der Waals surface area contributed by atoms with Gasteiger partial charge in [0, 0.05) is 42.3 Å². The number of aryl methyl sites for hydroxylation is 1. The van der Waals surface area contributed by atoms with Gasteiger partial charge in [0.05, 0.1) is 7.11 Å². The van der Waals surface area contributed by atoms with Crippen LogP contribution >= 0.6 is 0 Å². The van der Waals surface area contributed by atoms with E-state index >= 15 is 0 Å². The minimum Gasteiger partial charge on any atom is -0.497 e. The molecule has 1 saturated heterocycles. The van der Waals surface area contributed by atoms with Crippen LogP contribution in [0.15, 0.2) is 60.2 Å². The Morgan fingerprint density at radius 2 is 1.80 bits per heavy atom. The molecule has 0 saturated carbocycles. The minimum absolute atomic E-state index is 0.0410. The first kappa shape index (κ1) is 23.8. The summed E-state index contributed by atoms with van der Waals surface area (Å²) in [6, 6.07) is 19.3. The number of hydrogen-bond donors (Lipinski definition) is 1. The standard InChI is InChI=1S/C28H28N4O3/c1-19-15-22(20(2)32(19)25-10-12-26(35-3)13-11-25)16-23(17-29)28(34)30-18-21-6-8-24(9-7-21)31-14-4-5-27(31)33/h6-13,15-16H,4-5,14,18H2,1-3H3,(H,30,34)/b23-16+. The number of anilines is 1. The summed E-state index contributed by atoms with van der Waals surface area (Å²) in [6.07, 6.45) is 3.09. The van der Waals surface area contributed by atoms with Crippen molar-refractivity contribution in [2.75, 3.05) is 18.6 Å². The first-order valence-electron chi connectivity index (χ1n) is 11.5. The summed E-state index contributed by atoms with van der Waals surface area (Å²) < 4.78 is 7.31. The van der Waals surface area contributed by atoms with Crippen LogP contribution in [0.4, 0.5) is 5.69 Å². The average Bonchev–Trinajstić information content (AvgIpc) is 3.43. The summed E-state index contributed by atoms with van der Waals surface area (Å²) in [6.45, 7) is 4.98. The third kappa shape index (κ3) is 5.12. The molecule has 178 valence electrons. The molecular weight excluding hydrogens is 440 g/mol. The molecule has 0 aliphatic carbocycles. The Kier molecular flexibility index (Phi) is 7.02. The number of methoxy groups -OCH3 is 1. The molecule has 0 atom stereocenters. The highest BCUT2D eigenvalue weighted by Gasteiger charge is 2.21. The van der Waals surface area contributed by atoms with Crippen LogP contribution in [0.1, 0.15) is 35.4 Å². The molecule has 2 heterocycles. The van der Waals surface area contributed by atoms with Gasteiger partial charge in [-0.05, 0) is 79.9 Å². The monoisotopic (exact) mass is 468 g/mol. The van der Waals surface area contributed by atoms with E-state index in [1.807, 2.05) is 74.5 Å². The maximum Gasteiger partial charge on any atom is 0.262 e. The van der Waals surface area contributed by atoms with Gasteiger partial charge >= 0.3 is 0 Å². The van der Waals surface area contributed by atoms with Gasteiger partial charge in [0.1, 0.15) is 17.4 Å². The lowest BCUT2D eigenvalue weighted by Gasteiger charge is -2.16. The molecular formula is C28H28N4O3. The summed E-state index contributed by atoms with van der Waals surface area (Å²) in [5.74, 6) is 0.487. The van der Waals surface area contributed by atoms with Crippen molar-refractivity contribution in [1.82, 2.24) is 9.88 Å². The predicted molar refractivity (Wildman–Crippen MR) is 135 cm³/mol. The quantitative estimate of drug-likeness (QED) is 0.410. The van der Waals surface area contributed by atoms with E-state index in [2.05, 4.69) is 9.88 Å². The van der Waals surface area contributed by atoms with Crippen LogP contribution in [-0.4, -0.2) is 30.0 Å². The van der Waals surface area contributed by atoms with Gasteiger partial charge < -0.3 is 19.5 Å².